The first-order chi connectivity index (χ1) is 9.92. The second-order valence-corrected chi connectivity index (χ2v) is 6.41. The summed E-state index contributed by atoms with van der Waals surface area (Å²) < 4.78 is 0. The zero-order valence-electron chi connectivity index (χ0n) is 13.3. The third-order valence-electron chi connectivity index (χ3n) is 5.17. The average molecular weight is 297 g/mol. The van der Waals surface area contributed by atoms with Gasteiger partial charge in [-0.15, -0.1) is 0 Å². The average Bonchev–Trinajstić information content (AvgIpc) is 2.91. The molecule has 2 amide bonds. The van der Waals surface area contributed by atoms with Crippen molar-refractivity contribution in [2.24, 2.45) is 0 Å². The Hall–Kier alpha value is -1.30. The van der Waals surface area contributed by atoms with E-state index >= 15 is 0 Å². The number of carboxylic acid groups (broad SMARTS) is 1. The molecule has 1 N–H and O–H groups in total. The van der Waals surface area contributed by atoms with Gasteiger partial charge >= 0.3 is 12.0 Å². The van der Waals surface area contributed by atoms with Crippen LogP contribution < -0.4 is 0 Å². The van der Waals surface area contributed by atoms with E-state index < -0.39 is 11.5 Å². The molecule has 120 valence electrons. The highest BCUT2D eigenvalue weighted by atomic mass is 16.4. The van der Waals surface area contributed by atoms with E-state index in [0.717, 1.165) is 32.4 Å². The molecule has 1 unspecified atom stereocenters. The second-order valence-electron chi connectivity index (χ2n) is 6.41. The van der Waals surface area contributed by atoms with Crippen LogP contribution in [0.1, 0.15) is 39.0 Å². The van der Waals surface area contributed by atoms with E-state index in [4.69, 9.17) is 0 Å². The van der Waals surface area contributed by atoms with Gasteiger partial charge in [0.1, 0.15) is 5.54 Å². The van der Waals surface area contributed by atoms with Crippen molar-refractivity contribution in [2.45, 2.75) is 50.6 Å². The van der Waals surface area contributed by atoms with Gasteiger partial charge in [-0.2, -0.15) is 0 Å². The van der Waals surface area contributed by atoms with Crippen LogP contribution in [-0.4, -0.2) is 77.1 Å². The van der Waals surface area contributed by atoms with Gasteiger partial charge in [0.15, 0.2) is 0 Å². The highest BCUT2D eigenvalue weighted by Gasteiger charge is 2.49. The molecule has 0 aliphatic carbocycles. The number of aliphatic carboxylic acids is 1. The number of hydrogen-bond donors (Lipinski definition) is 1. The van der Waals surface area contributed by atoms with Crippen molar-refractivity contribution in [1.29, 1.82) is 0 Å². The Morgan fingerprint density at radius 2 is 1.86 bits per heavy atom. The summed E-state index contributed by atoms with van der Waals surface area (Å²) in [6.45, 7) is 3.86. The minimum absolute atomic E-state index is 0.0889. The molecule has 2 aliphatic rings. The van der Waals surface area contributed by atoms with Gasteiger partial charge in [0.25, 0.3) is 0 Å². The Morgan fingerprint density at radius 3 is 2.33 bits per heavy atom. The summed E-state index contributed by atoms with van der Waals surface area (Å²) in [5, 5.41) is 9.58. The van der Waals surface area contributed by atoms with Crippen LogP contribution in [0.3, 0.4) is 0 Å². The van der Waals surface area contributed by atoms with Gasteiger partial charge in [0.2, 0.25) is 0 Å². The Balaban J connectivity index is 2.05. The summed E-state index contributed by atoms with van der Waals surface area (Å²) in [6.07, 6.45) is 3.73. The highest BCUT2D eigenvalue weighted by molar-refractivity contribution is 5.87. The Bertz CT molecular complexity index is 405. The maximum atomic E-state index is 12.7. The van der Waals surface area contributed by atoms with Crippen LogP contribution in [0.15, 0.2) is 0 Å². The molecule has 0 aromatic heterocycles. The topological polar surface area (TPSA) is 64.1 Å². The first kappa shape index (κ1) is 16.1. The first-order valence-electron chi connectivity index (χ1n) is 7.88. The van der Waals surface area contributed by atoms with E-state index in [9.17, 15) is 14.7 Å². The fraction of sp³-hybridized carbons (Fsp3) is 0.867. The minimum atomic E-state index is -0.991. The molecule has 2 heterocycles. The monoisotopic (exact) mass is 297 g/mol. The van der Waals surface area contributed by atoms with E-state index in [-0.39, 0.29) is 6.03 Å². The van der Waals surface area contributed by atoms with Gasteiger partial charge in [-0.1, -0.05) is 6.92 Å². The molecule has 6 nitrogen and oxygen atoms in total. The molecule has 2 fully saturated rings. The molecule has 6 heteroatoms. The SMILES string of the molecule is CCC1(C(=O)O)CCCN1C(=O)N1CCC(N(C)C)CC1. The molecular formula is C15H27N3O3. The maximum Gasteiger partial charge on any atom is 0.329 e. The molecule has 0 spiro atoms. The minimum Gasteiger partial charge on any atom is -0.479 e. The number of carbonyl (C=O) groups excluding carboxylic acids is 1. The number of urea groups is 1. The van der Waals surface area contributed by atoms with Crippen molar-refractivity contribution in [3.8, 4) is 0 Å². The van der Waals surface area contributed by atoms with E-state index in [2.05, 4.69) is 19.0 Å². The molecule has 0 radical (unpaired) electrons. The zero-order valence-corrected chi connectivity index (χ0v) is 13.3. The third kappa shape index (κ3) is 2.86. The lowest BCUT2D eigenvalue weighted by molar-refractivity contribution is -0.148. The van der Waals surface area contributed by atoms with Crippen LogP contribution in [0.25, 0.3) is 0 Å². The molecule has 21 heavy (non-hydrogen) atoms. The van der Waals surface area contributed by atoms with Crippen LogP contribution in [-0.2, 0) is 4.79 Å². The lowest BCUT2D eigenvalue weighted by Crippen LogP contribution is -2.58. The first-order valence-corrected chi connectivity index (χ1v) is 7.88. The smallest absolute Gasteiger partial charge is 0.329 e. The number of amides is 2. The van der Waals surface area contributed by atoms with Crippen LogP contribution in [0, 0.1) is 0 Å². The van der Waals surface area contributed by atoms with E-state index in [1.165, 1.54) is 0 Å². The fourth-order valence-corrected chi connectivity index (χ4v) is 3.64. The Morgan fingerprint density at radius 1 is 1.24 bits per heavy atom. The predicted molar refractivity (Wildman–Crippen MR) is 80.3 cm³/mol. The summed E-state index contributed by atoms with van der Waals surface area (Å²) >= 11 is 0. The van der Waals surface area contributed by atoms with Gasteiger partial charge < -0.3 is 19.8 Å². The zero-order chi connectivity index (χ0) is 15.6. The third-order valence-corrected chi connectivity index (χ3v) is 5.17. The Labute approximate surface area is 126 Å². The van der Waals surface area contributed by atoms with Gasteiger partial charge in [0.05, 0.1) is 0 Å². The highest BCUT2D eigenvalue weighted by Crippen LogP contribution is 2.34. The summed E-state index contributed by atoms with van der Waals surface area (Å²) in [6, 6.07) is 0.428. The number of hydrogen-bond acceptors (Lipinski definition) is 3. The van der Waals surface area contributed by atoms with Crippen molar-refractivity contribution >= 4 is 12.0 Å². The lowest BCUT2D eigenvalue weighted by Gasteiger charge is -2.41. The van der Waals surface area contributed by atoms with E-state index in [1.807, 2.05) is 11.8 Å². The largest absolute Gasteiger partial charge is 0.479 e. The second kappa shape index (κ2) is 6.22. The van der Waals surface area contributed by atoms with Crippen molar-refractivity contribution < 1.29 is 14.7 Å². The van der Waals surface area contributed by atoms with Crippen LogP contribution >= 0.6 is 0 Å². The summed E-state index contributed by atoms with van der Waals surface area (Å²) in [5.74, 6) is -0.862. The summed E-state index contributed by atoms with van der Waals surface area (Å²) in [4.78, 5) is 30.0. The predicted octanol–water partition coefficient (Wildman–Crippen LogP) is 1.46. The van der Waals surface area contributed by atoms with Crippen molar-refractivity contribution in [3.05, 3.63) is 0 Å². The lowest BCUT2D eigenvalue weighted by atomic mass is 9.93. The number of carbonyl (C=O) groups is 2. The van der Waals surface area contributed by atoms with Crippen molar-refractivity contribution in [1.82, 2.24) is 14.7 Å². The molecule has 2 rings (SSSR count). The van der Waals surface area contributed by atoms with Gasteiger partial charge in [0, 0.05) is 25.7 Å². The number of rotatable bonds is 3. The van der Waals surface area contributed by atoms with E-state index in [1.54, 1.807) is 4.90 Å². The quantitative estimate of drug-likeness (QED) is 0.856. The Kier molecular flexibility index (Phi) is 4.76. The standard InChI is InChI=1S/C15H27N3O3/c1-4-15(13(19)20)8-5-9-18(15)14(21)17-10-6-12(7-11-17)16(2)3/h12H,4-11H2,1-3H3,(H,19,20). The molecule has 1 atom stereocenters. The molecule has 2 saturated heterocycles. The summed E-state index contributed by atoms with van der Waals surface area (Å²) in [5.41, 5.74) is -0.991. The normalized spacial score (nSPS) is 27.4. The van der Waals surface area contributed by atoms with Gasteiger partial charge in [-0.05, 0) is 46.2 Å². The van der Waals surface area contributed by atoms with Gasteiger partial charge in [-0.25, -0.2) is 9.59 Å². The van der Waals surface area contributed by atoms with Crippen LogP contribution in [0.2, 0.25) is 0 Å². The van der Waals surface area contributed by atoms with Crippen LogP contribution in [0.5, 0.6) is 0 Å². The maximum absolute atomic E-state index is 12.7. The molecule has 0 aromatic rings. The van der Waals surface area contributed by atoms with Crippen molar-refractivity contribution in [2.75, 3.05) is 33.7 Å². The van der Waals surface area contributed by atoms with Crippen molar-refractivity contribution in [3.63, 3.8) is 0 Å². The number of piperidine rings is 1. The molecule has 2 aliphatic heterocycles. The fourth-order valence-electron chi connectivity index (χ4n) is 3.64. The molecule has 0 aromatic carbocycles. The molecule has 0 bridgehead atoms. The van der Waals surface area contributed by atoms with Gasteiger partial charge in [-0.3, -0.25) is 0 Å². The van der Waals surface area contributed by atoms with E-state index in [0.29, 0.717) is 25.4 Å². The molecular weight excluding hydrogens is 270 g/mol. The number of likely N-dealkylation sites (tertiary alicyclic amines) is 2. The molecule has 0 saturated carbocycles. The van der Waals surface area contributed by atoms with Crippen LogP contribution in [0.4, 0.5) is 4.79 Å². The number of carboxylic acids is 1. The summed E-state index contributed by atoms with van der Waals surface area (Å²) in [7, 11) is 4.13. The number of nitrogens with zero attached hydrogens (tertiary/aromatic N) is 3.